The first kappa shape index (κ1) is 7.28. The van der Waals surface area contributed by atoms with E-state index in [1.807, 2.05) is 0 Å². The molecule has 0 saturated carbocycles. The van der Waals surface area contributed by atoms with Gasteiger partial charge >= 0.3 is 0 Å². The number of nitrogen functional groups attached to an aromatic ring is 1. The van der Waals surface area contributed by atoms with E-state index in [0.29, 0.717) is 11.3 Å². The van der Waals surface area contributed by atoms with Crippen molar-refractivity contribution in [2.24, 2.45) is 0 Å². The first-order valence-electron chi connectivity index (χ1n) is 2.67. The predicted octanol–water partition coefficient (Wildman–Crippen LogP) is 1.49. The summed E-state index contributed by atoms with van der Waals surface area (Å²) in [4.78, 5) is 10.1. The summed E-state index contributed by atoms with van der Waals surface area (Å²) in [5.41, 5.74) is 6.29. The zero-order valence-corrected chi connectivity index (χ0v) is 6.68. The van der Waals surface area contributed by atoms with Crippen LogP contribution in [-0.2, 0) is 4.79 Å². The highest BCUT2D eigenvalue weighted by Crippen LogP contribution is 2.16. The second kappa shape index (κ2) is 2.84. The van der Waals surface area contributed by atoms with E-state index >= 15 is 0 Å². The topological polar surface area (TPSA) is 43.1 Å². The van der Waals surface area contributed by atoms with Gasteiger partial charge in [0.1, 0.15) is 0 Å². The molecule has 51 valence electrons. The third-order valence-electron chi connectivity index (χ3n) is 1.12. The molecule has 0 spiro atoms. The summed E-state index contributed by atoms with van der Waals surface area (Å²) in [6, 6.07) is 5.03. The van der Waals surface area contributed by atoms with Gasteiger partial charge in [-0.25, -0.2) is 0 Å². The van der Waals surface area contributed by atoms with Gasteiger partial charge in [0.25, 0.3) is 0 Å². The molecule has 1 aromatic rings. The SMILES string of the molecule is Nc1cc(Br)ccc1[C]=O. The van der Waals surface area contributed by atoms with Gasteiger partial charge in [0.2, 0.25) is 6.29 Å². The molecule has 0 heterocycles. The minimum Gasteiger partial charge on any atom is -0.398 e. The highest BCUT2D eigenvalue weighted by atomic mass is 79.9. The van der Waals surface area contributed by atoms with Gasteiger partial charge in [0.15, 0.2) is 0 Å². The monoisotopic (exact) mass is 198 g/mol. The Morgan fingerprint density at radius 2 is 2.20 bits per heavy atom. The summed E-state index contributed by atoms with van der Waals surface area (Å²) in [6.07, 6.45) is 1.73. The van der Waals surface area contributed by atoms with Crippen LogP contribution in [0.1, 0.15) is 5.56 Å². The molecule has 0 aliphatic carbocycles. The van der Waals surface area contributed by atoms with Crippen molar-refractivity contribution < 1.29 is 4.79 Å². The van der Waals surface area contributed by atoms with Crippen LogP contribution in [0.15, 0.2) is 22.7 Å². The molecular formula is C7H5BrNO. The molecule has 0 aliphatic heterocycles. The van der Waals surface area contributed by atoms with Gasteiger partial charge in [-0.1, -0.05) is 15.9 Å². The van der Waals surface area contributed by atoms with Crippen molar-refractivity contribution in [1.82, 2.24) is 0 Å². The maximum Gasteiger partial charge on any atom is 0.235 e. The van der Waals surface area contributed by atoms with Crippen molar-refractivity contribution in [3.63, 3.8) is 0 Å². The van der Waals surface area contributed by atoms with Gasteiger partial charge in [0.05, 0.1) is 0 Å². The number of carbonyl (C=O) groups excluding carboxylic acids is 1. The first-order valence-corrected chi connectivity index (χ1v) is 3.46. The Morgan fingerprint density at radius 1 is 1.50 bits per heavy atom. The highest BCUT2D eigenvalue weighted by molar-refractivity contribution is 9.10. The fourth-order valence-electron chi connectivity index (χ4n) is 0.627. The van der Waals surface area contributed by atoms with Crippen molar-refractivity contribution >= 4 is 27.9 Å². The molecule has 1 aromatic carbocycles. The lowest BCUT2D eigenvalue weighted by Crippen LogP contribution is -1.91. The van der Waals surface area contributed by atoms with Crippen LogP contribution in [0.3, 0.4) is 0 Å². The van der Waals surface area contributed by atoms with E-state index in [0.717, 1.165) is 4.47 Å². The van der Waals surface area contributed by atoms with Crippen LogP contribution in [0.4, 0.5) is 5.69 Å². The van der Waals surface area contributed by atoms with Crippen LogP contribution in [0.5, 0.6) is 0 Å². The second-order valence-electron chi connectivity index (χ2n) is 1.83. The summed E-state index contributed by atoms with van der Waals surface area (Å²) in [7, 11) is 0. The standard InChI is InChI=1S/C7H5BrNO/c8-6-2-1-5(4-10)7(9)3-6/h1-3H,9H2. The average molecular weight is 199 g/mol. The van der Waals surface area contributed by atoms with Crippen molar-refractivity contribution in [3.05, 3.63) is 28.2 Å². The smallest absolute Gasteiger partial charge is 0.235 e. The Labute approximate surface area is 67.2 Å². The van der Waals surface area contributed by atoms with Crippen molar-refractivity contribution in [2.45, 2.75) is 0 Å². The molecule has 2 nitrogen and oxygen atoms in total. The van der Waals surface area contributed by atoms with Crippen LogP contribution >= 0.6 is 15.9 Å². The molecule has 0 aromatic heterocycles. The maximum atomic E-state index is 10.1. The van der Waals surface area contributed by atoms with E-state index in [9.17, 15) is 4.79 Å². The van der Waals surface area contributed by atoms with E-state index in [2.05, 4.69) is 15.9 Å². The van der Waals surface area contributed by atoms with Crippen LogP contribution in [0.25, 0.3) is 0 Å². The Balaban J connectivity index is 3.19. The molecule has 0 bridgehead atoms. The lowest BCUT2D eigenvalue weighted by atomic mass is 10.2. The molecule has 3 heteroatoms. The Morgan fingerprint density at radius 3 is 2.70 bits per heavy atom. The molecule has 10 heavy (non-hydrogen) atoms. The second-order valence-corrected chi connectivity index (χ2v) is 2.75. The summed E-state index contributed by atoms with van der Waals surface area (Å²) in [6.45, 7) is 0. The molecule has 0 aliphatic rings. The number of benzene rings is 1. The van der Waals surface area contributed by atoms with E-state index in [4.69, 9.17) is 5.73 Å². The quantitative estimate of drug-likeness (QED) is 0.696. The van der Waals surface area contributed by atoms with E-state index in [-0.39, 0.29) is 0 Å². The molecule has 1 rings (SSSR count). The van der Waals surface area contributed by atoms with Gasteiger partial charge in [-0.05, 0) is 18.2 Å². The summed E-state index contributed by atoms with van der Waals surface area (Å²) in [5, 5.41) is 0. The summed E-state index contributed by atoms with van der Waals surface area (Å²) < 4.78 is 0.865. The molecule has 0 amide bonds. The molecule has 0 saturated heterocycles. The zero-order chi connectivity index (χ0) is 7.56. The van der Waals surface area contributed by atoms with Crippen LogP contribution < -0.4 is 5.73 Å². The van der Waals surface area contributed by atoms with Gasteiger partial charge in [-0.15, -0.1) is 0 Å². The van der Waals surface area contributed by atoms with Crippen molar-refractivity contribution in [3.8, 4) is 0 Å². The van der Waals surface area contributed by atoms with E-state index < -0.39 is 0 Å². The number of hydrogen-bond donors (Lipinski definition) is 1. The van der Waals surface area contributed by atoms with E-state index in [1.54, 1.807) is 24.5 Å². The fourth-order valence-corrected chi connectivity index (χ4v) is 1.01. The number of hydrogen-bond acceptors (Lipinski definition) is 2. The lowest BCUT2D eigenvalue weighted by molar-refractivity contribution is 0.563. The summed E-state index contributed by atoms with van der Waals surface area (Å²) >= 11 is 3.22. The minimum atomic E-state index is 0.406. The molecule has 2 N–H and O–H groups in total. The third kappa shape index (κ3) is 1.36. The molecule has 0 unspecified atom stereocenters. The van der Waals surface area contributed by atoms with Crippen molar-refractivity contribution in [1.29, 1.82) is 0 Å². The zero-order valence-electron chi connectivity index (χ0n) is 5.10. The lowest BCUT2D eigenvalue weighted by Gasteiger charge is -1.95. The molecule has 1 radical (unpaired) electrons. The Bertz CT molecular complexity index is 260. The van der Waals surface area contributed by atoms with Gasteiger partial charge in [-0.2, -0.15) is 0 Å². The molecule has 0 atom stereocenters. The third-order valence-corrected chi connectivity index (χ3v) is 1.62. The largest absolute Gasteiger partial charge is 0.398 e. The normalized spacial score (nSPS) is 9.30. The Kier molecular flexibility index (Phi) is 2.06. The Hall–Kier alpha value is -0.830. The van der Waals surface area contributed by atoms with Gasteiger partial charge in [-0.3, -0.25) is 4.79 Å². The first-order chi connectivity index (χ1) is 4.74. The summed E-state index contributed by atoms with van der Waals surface area (Å²) in [5.74, 6) is 0. The van der Waals surface area contributed by atoms with Crippen LogP contribution in [0.2, 0.25) is 0 Å². The molecular weight excluding hydrogens is 194 g/mol. The number of nitrogens with two attached hydrogens (primary N) is 1. The highest BCUT2D eigenvalue weighted by Gasteiger charge is 1.96. The van der Waals surface area contributed by atoms with Gasteiger partial charge < -0.3 is 5.73 Å². The van der Waals surface area contributed by atoms with Crippen LogP contribution in [0, 0.1) is 0 Å². The minimum absolute atomic E-state index is 0.406. The predicted molar refractivity (Wildman–Crippen MR) is 43.3 cm³/mol. The number of anilines is 1. The van der Waals surface area contributed by atoms with Gasteiger partial charge in [0, 0.05) is 15.7 Å². The average Bonchev–Trinajstić information content (AvgIpc) is 1.88. The van der Waals surface area contributed by atoms with Crippen LogP contribution in [-0.4, -0.2) is 6.29 Å². The van der Waals surface area contributed by atoms with E-state index in [1.165, 1.54) is 0 Å². The molecule has 0 fully saturated rings. The fraction of sp³-hybridized carbons (Fsp3) is 0. The van der Waals surface area contributed by atoms with Crippen molar-refractivity contribution in [2.75, 3.05) is 5.73 Å². The number of halogens is 1. The number of rotatable bonds is 1. The maximum absolute atomic E-state index is 10.1.